The van der Waals surface area contributed by atoms with Crippen LogP contribution in [-0.4, -0.2) is 97.7 Å². The summed E-state index contributed by atoms with van der Waals surface area (Å²) in [6.07, 6.45) is 2.03. The van der Waals surface area contributed by atoms with Gasteiger partial charge in [-0.25, -0.2) is 4.79 Å². The van der Waals surface area contributed by atoms with Crippen LogP contribution in [0.1, 0.15) is 56.3 Å². The van der Waals surface area contributed by atoms with E-state index in [2.05, 4.69) is 12.2 Å². The van der Waals surface area contributed by atoms with Crippen molar-refractivity contribution in [3.63, 3.8) is 0 Å². The summed E-state index contributed by atoms with van der Waals surface area (Å²) >= 11 is 0. The Labute approximate surface area is 263 Å². The third-order valence-corrected chi connectivity index (χ3v) is 12.8. The number of amides is 1. The highest BCUT2D eigenvalue weighted by molar-refractivity contribution is 6.00. The number of hydrogen-bond acceptors (Lipinski definition) is 8. The number of quaternary nitrogens is 1. The number of likely N-dealkylation sites (tertiary alicyclic amines) is 1. The van der Waals surface area contributed by atoms with Crippen molar-refractivity contribution in [2.45, 2.75) is 87.1 Å². The molecule has 10 nitrogen and oxygen atoms in total. The van der Waals surface area contributed by atoms with Gasteiger partial charge in [-0.1, -0.05) is 12.1 Å². The van der Waals surface area contributed by atoms with Gasteiger partial charge in [-0.3, -0.25) is 4.79 Å². The molecule has 5 aliphatic carbocycles. The number of nitrogens with one attached hydrogen (secondary N) is 2. The van der Waals surface area contributed by atoms with Gasteiger partial charge in [0.15, 0.2) is 5.60 Å². The number of aliphatic hydroxyl groups is 2. The highest BCUT2D eigenvalue weighted by Gasteiger charge is 2.90. The number of rotatable bonds is 7. The number of piperidine rings is 1. The molecule has 1 amide bonds. The first-order valence-electron chi connectivity index (χ1n) is 15.5. The second kappa shape index (κ2) is 10.5. The third-order valence-electron chi connectivity index (χ3n) is 12.8. The maximum absolute atomic E-state index is 14.0. The van der Waals surface area contributed by atoms with Gasteiger partial charge in [0.1, 0.15) is 23.8 Å². The second-order valence-corrected chi connectivity index (χ2v) is 13.8. The summed E-state index contributed by atoms with van der Waals surface area (Å²) in [7, 11) is 5.07. The SMILES string of the molecule is CC[NH+]1C[C@]2(OC(=O)c3ccccc3NC(C)=O)CCC(OC)C34C2CC([C@H]13)[C@@]1(O)C[C@H](OC)[C@H]2CC4[C@]1(O)C2OC.[Br-]. The Morgan fingerprint density at radius 1 is 1.07 bits per heavy atom. The van der Waals surface area contributed by atoms with E-state index in [1.807, 2.05) is 0 Å². The molecule has 1 aliphatic heterocycles. The molecule has 1 saturated heterocycles. The molecule has 0 aromatic heterocycles. The maximum atomic E-state index is 14.0. The van der Waals surface area contributed by atoms with Crippen LogP contribution in [0.25, 0.3) is 0 Å². The lowest BCUT2D eigenvalue weighted by Gasteiger charge is -2.68. The van der Waals surface area contributed by atoms with Gasteiger partial charge in [-0.05, 0) is 44.7 Å². The number of methoxy groups -OCH3 is 3. The minimum absolute atomic E-state index is 0. The topological polar surface area (TPSA) is 128 Å². The molecule has 6 aliphatic rings. The van der Waals surface area contributed by atoms with Gasteiger partial charge in [0, 0.05) is 58.3 Å². The number of carbonyl (C=O) groups excluding carboxylic acids is 2. The number of para-hydroxylation sites is 1. The molecule has 5 saturated carbocycles. The standard InChI is InChI=1S/C32H44N2O8.BrH/c1-6-34-16-29(42-28(36)18-9-7-8-10-21(18)33-17(2)35)12-11-25(40-4)31-23(29)14-20(26(31)34)30(37)15-22(39-3)19-13-24(31)32(30,38)27(19)41-5;/h7-10,19-20,22-27,37-38H,6,11-16H2,1-5H3,(H,33,35);1H/t19-,20?,22+,23?,24?,25?,26+,27?,29-,30+,31?,32+;/m1./s1. The molecular weight excluding hydrogens is 620 g/mol. The van der Waals surface area contributed by atoms with Crippen LogP contribution >= 0.6 is 0 Å². The summed E-state index contributed by atoms with van der Waals surface area (Å²) in [5.74, 6) is -1.43. The average molecular weight is 666 g/mol. The van der Waals surface area contributed by atoms with Crippen molar-refractivity contribution < 1.29 is 60.6 Å². The summed E-state index contributed by atoms with van der Waals surface area (Å²) in [5, 5.41) is 28.5. The van der Waals surface area contributed by atoms with E-state index in [0.717, 1.165) is 6.54 Å². The van der Waals surface area contributed by atoms with Crippen molar-refractivity contribution in [2.24, 2.45) is 29.1 Å². The lowest BCUT2D eigenvalue weighted by atomic mass is 9.44. The van der Waals surface area contributed by atoms with Crippen LogP contribution in [-0.2, 0) is 23.7 Å². The number of halogens is 1. The predicted octanol–water partition coefficient (Wildman–Crippen LogP) is -2.19. The van der Waals surface area contributed by atoms with Crippen LogP contribution in [0.4, 0.5) is 5.69 Å². The van der Waals surface area contributed by atoms with Crippen molar-refractivity contribution >= 4 is 17.6 Å². The summed E-state index contributed by atoms with van der Waals surface area (Å²) in [6.45, 7) is 4.99. The first kappa shape index (κ1) is 31.4. The van der Waals surface area contributed by atoms with Crippen LogP contribution in [0, 0.1) is 29.1 Å². The van der Waals surface area contributed by atoms with Gasteiger partial charge in [0.2, 0.25) is 5.91 Å². The summed E-state index contributed by atoms with van der Waals surface area (Å²) in [4.78, 5) is 27.2. The van der Waals surface area contributed by atoms with Crippen molar-refractivity contribution in [3.05, 3.63) is 29.8 Å². The summed E-state index contributed by atoms with van der Waals surface area (Å²) in [6, 6.07) is 7.00. The molecule has 0 radical (unpaired) electrons. The summed E-state index contributed by atoms with van der Waals surface area (Å²) in [5.41, 5.74) is -3.45. The molecule has 7 rings (SSSR count). The molecule has 1 spiro atoms. The van der Waals surface area contributed by atoms with E-state index in [1.165, 1.54) is 11.8 Å². The van der Waals surface area contributed by atoms with E-state index < -0.39 is 34.3 Å². The fourth-order valence-corrected chi connectivity index (χ4v) is 11.8. The maximum Gasteiger partial charge on any atom is 0.341 e. The molecule has 7 unspecified atom stereocenters. The number of benzene rings is 1. The molecule has 238 valence electrons. The Balaban J connectivity index is 0.00000329. The van der Waals surface area contributed by atoms with Crippen molar-refractivity contribution in [1.29, 1.82) is 0 Å². The zero-order valence-electron chi connectivity index (χ0n) is 25.6. The molecule has 6 fully saturated rings. The molecule has 43 heavy (non-hydrogen) atoms. The van der Waals surface area contributed by atoms with Crippen LogP contribution in [0.3, 0.4) is 0 Å². The number of fused-ring (bicyclic) bond motifs is 2. The molecule has 11 heteroatoms. The van der Waals surface area contributed by atoms with Crippen molar-refractivity contribution in [1.82, 2.24) is 0 Å². The Morgan fingerprint density at radius 3 is 2.47 bits per heavy atom. The van der Waals surface area contributed by atoms with Gasteiger partial charge in [0.25, 0.3) is 0 Å². The normalized spacial score (nSPS) is 48.3. The van der Waals surface area contributed by atoms with E-state index in [1.54, 1.807) is 45.6 Å². The molecule has 7 bridgehead atoms. The second-order valence-electron chi connectivity index (χ2n) is 13.8. The van der Waals surface area contributed by atoms with Crippen LogP contribution in [0.15, 0.2) is 24.3 Å². The number of anilines is 1. The lowest BCUT2D eigenvalue weighted by Crippen LogP contribution is -3.22. The molecule has 1 heterocycles. The Morgan fingerprint density at radius 2 is 1.81 bits per heavy atom. The fourth-order valence-electron chi connectivity index (χ4n) is 11.8. The molecular formula is C32H45BrN2O8. The van der Waals surface area contributed by atoms with E-state index in [-0.39, 0.29) is 64.8 Å². The minimum Gasteiger partial charge on any atom is -1.00 e. The van der Waals surface area contributed by atoms with Crippen LogP contribution < -0.4 is 27.2 Å². The number of esters is 1. The van der Waals surface area contributed by atoms with Crippen molar-refractivity contribution in [3.8, 4) is 0 Å². The molecule has 1 aromatic carbocycles. The van der Waals surface area contributed by atoms with Crippen LogP contribution in [0.5, 0.6) is 0 Å². The smallest absolute Gasteiger partial charge is 0.341 e. The van der Waals surface area contributed by atoms with Gasteiger partial charge >= 0.3 is 5.97 Å². The Kier molecular flexibility index (Phi) is 7.64. The minimum atomic E-state index is -1.46. The number of ether oxygens (including phenoxy) is 4. The van der Waals surface area contributed by atoms with Gasteiger partial charge < -0.3 is 56.4 Å². The zero-order valence-corrected chi connectivity index (χ0v) is 27.2. The number of likely N-dealkylation sites (N-methyl/N-ethyl adjacent to an activating group) is 1. The van der Waals surface area contributed by atoms with E-state index in [0.29, 0.717) is 49.9 Å². The Hall–Kier alpha value is -1.60. The highest BCUT2D eigenvalue weighted by Crippen LogP contribution is 2.77. The van der Waals surface area contributed by atoms with Gasteiger partial charge in [0.05, 0.1) is 41.5 Å². The molecule has 4 N–H and O–H groups in total. The van der Waals surface area contributed by atoms with E-state index in [4.69, 9.17) is 18.9 Å². The van der Waals surface area contributed by atoms with Gasteiger partial charge in [-0.15, -0.1) is 0 Å². The monoisotopic (exact) mass is 664 g/mol. The van der Waals surface area contributed by atoms with Crippen molar-refractivity contribution in [2.75, 3.05) is 39.7 Å². The average Bonchev–Trinajstić information content (AvgIpc) is 3.39. The predicted molar refractivity (Wildman–Crippen MR) is 151 cm³/mol. The highest BCUT2D eigenvalue weighted by atomic mass is 79.9. The molecule has 13 atom stereocenters. The lowest BCUT2D eigenvalue weighted by molar-refractivity contribution is -0.952. The van der Waals surface area contributed by atoms with Crippen LogP contribution in [0.2, 0.25) is 0 Å². The largest absolute Gasteiger partial charge is 1.00 e. The number of carbonyl (C=O) groups is 2. The van der Waals surface area contributed by atoms with Gasteiger partial charge in [-0.2, -0.15) is 0 Å². The first-order valence-corrected chi connectivity index (χ1v) is 15.5. The quantitative estimate of drug-likeness (QED) is 0.242. The molecule has 1 aromatic rings. The fraction of sp³-hybridized carbons (Fsp3) is 0.750. The Bertz CT molecular complexity index is 1300. The van der Waals surface area contributed by atoms with E-state index in [9.17, 15) is 19.8 Å². The number of hydrogen-bond donors (Lipinski definition) is 4. The van der Waals surface area contributed by atoms with E-state index >= 15 is 0 Å². The first-order chi connectivity index (χ1) is 20.1. The summed E-state index contributed by atoms with van der Waals surface area (Å²) < 4.78 is 25.1. The zero-order chi connectivity index (χ0) is 29.8. The third kappa shape index (κ3) is 3.67.